The molecule has 0 aliphatic rings. The van der Waals surface area contributed by atoms with E-state index in [0.717, 1.165) is 66.7 Å². The molecule has 0 N–H and O–H groups in total. The second-order valence-electron chi connectivity index (χ2n) is 17.9. The van der Waals surface area contributed by atoms with Crippen LogP contribution in [-0.2, 0) is 0 Å². The predicted molar refractivity (Wildman–Crippen MR) is 292 cm³/mol. The largest absolute Gasteiger partial charge is 0.307 e. The molecule has 350 valence electrons. The molecular formula is C66H38F4N4. The summed E-state index contributed by atoms with van der Waals surface area (Å²) in [7, 11) is 0. The molecule has 0 heterocycles. The number of benzene rings is 12. The number of hydrogen-bond acceptors (Lipinski definition) is 3. The molecule has 4 nitrogen and oxygen atoms in total. The number of nitrogens with zero attached hydrogens (tertiary/aromatic N) is 4. The quantitative estimate of drug-likeness (QED) is 0.0778. The van der Waals surface area contributed by atoms with Crippen molar-refractivity contribution in [2.45, 2.75) is 0 Å². The molecule has 8 heteroatoms. The van der Waals surface area contributed by atoms with Crippen LogP contribution in [0.1, 0.15) is 5.56 Å². The summed E-state index contributed by atoms with van der Waals surface area (Å²) < 4.78 is 66.6. The molecule has 0 aromatic heterocycles. The van der Waals surface area contributed by atoms with Gasteiger partial charge in [-0.1, -0.05) is 158 Å². The molecule has 0 fully saturated rings. The lowest BCUT2D eigenvalue weighted by molar-refractivity contribution is 0.586. The fourth-order valence-corrected chi connectivity index (χ4v) is 10.3. The third-order valence-corrected chi connectivity index (χ3v) is 13.8. The van der Waals surface area contributed by atoms with E-state index in [1.807, 2.05) is 158 Å². The monoisotopic (exact) mass is 962 g/mol. The third kappa shape index (κ3) is 7.79. The average Bonchev–Trinajstić information content (AvgIpc) is 3.45. The van der Waals surface area contributed by atoms with Crippen molar-refractivity contribution in [1.29, 1.82) is 5.26 Å². The van der Waals surface area contributed by atoms with E-state index in [9.17, 15) is 5.26 Å². The van der Waals surface area contributed by atoms with E-state index in [1.54, 1.807) is 70.5 Å². The van der Waals surface area contributed by atoms with E-state index in [1.165, 1.54) is 0 Å². The van der Waals surface area contributed by atoms with Gasteiger partial charge in [0.05, 0.1) is 41.0 Å². The highest BCUT2D eigenvalue weighted by atomic mass is 19.1. The molecular weight excluding hydrogens is 925 g/mol. The van der Waals surface area contributed by atoms with E-state index in [-0.39, 0.29) is 22.5 Å². The van der Waals surface area contributed by atoms with Gasteiger partial charge in [-0.3, -0.25) is 0 Å². The van der Waals surface area contributed by atoms with E-state index in [0.29, 0.717) is 45.1 Å². The first-order chi connectivity index (χ1) is 36.3. The molecule has 12 rings (SSSR count). The molecule has 0 saturated heterocycles. The van der Waals surface area contributed by atoms with Crippen molar-refractivity contribution >= 4 is 72.1 Å². The smallest absolute Gasteiger partial charge is 0.187 e. The van der Waals surface area contributed by atoms with Crippen LogP contribution < -0.4 is 9.80 Å². The minimum absolute atomic E-state index is 0.0789. The molecule has 0 bridgehead atoms. The first-order valence-corrected chi connectivity index (χ1v) is 23.8. The van der Waals surface area contributed by atoms with Gasteiger partial charge in [-0.15, -0.1) is 0 Å². The van der Waals surface area contributed by atoms with Crippen LogP contribution >= 0.6 is 0 Å². The lowest BCUT2D eigenvalue weighted by atomic mass is 9.91. The van der Waals surface area contributed by atoms with Gasteiger partial charge in [0.15, 0.2) is 5.69 Å². The molecule has 0 unspecified atom stereocenters. The topological polar surface area (TPSA) is 34.6 Å². The minimum atomic E-state index is -0.798. The van der Waals surface area contributed by atoms with Crippen LogP contribution in [0, 0.1) is 41.2 Å². The summed E-state index contributed by atoms with van der Waals surface area (Å²) >= 11 is 0. The van der Waals surface area contributed by atoms with Crippen LogP contribution in [0.15, 0.2) is 231 Å². The van der Waals surface area contributed by atoms with Crippen LogP contribution in [0.4, 0.5) is 57.4 Å². The average molecular weight is 963 g/mol. The van der Waals surface area contributed by atoms with E-state index in [2.05, 4.69) is 10.9 Å². The molecule has 74 heavy (non-hydrogen) atoms. The summed E-state index contributed by atoms with van der Waals surface area (Å²) in [5, 5.41) is 14.7. The summed E-state index contributed by atoms with van der Waals surface area (Å²) in [5.74, 6) is -3.04. The number of anilines is 6. The van der Waals surface area contributed by atoms with Gasteiger partial charge < -0.3 is 9.80 Å². The van der Waals surface area contributed by atoms with Gasteiger partial charge in [0.1, 0.15) is 23.3 Å². The standard InChI is InChI=1S/C66H38F4N4/c1-72-46-26-30-48(31-27-46)74(64-37-56(58(68)39-60(64)70)52-19-11-9-17-50(52)43-14-6-3-7-15-43)62-35-25-45-22-32-53-61(34-24-44-23-33-54(62)66(45)65(44)53)73(47-28-20-41(40-71)21-29-47)63-36-55(57(67)38-59(63)69)51-18-10-8-16-49(51)42-12-4-2-5-13-42/h2-39H. The van der Waals surface area contributed by atoms with Crippen molar-refractivity contribution in [2.24, 2.45) is 0 Å². The van der Waals surface area contributed by atoms with Crippen LogP contribution in [0.5, 0.6) is 0 Å². The minimum Gasteiger partial charge on any atom is -0.307 e. The highest BCUT2D eigenvalue weighted by molar-refractivity contribution is 6.28. The van der Waals surface area contributed by atoms with Crippen molar-refractivity contribution in [3.63, 3.8) is 0 Å². The zero-order valence-electron chi connectivity index (χ0n) is 39.2. The Morgan fingerprint density at radius 2 is 0.757 bits per heavy atom. The van der Waals surface area contributed by atoms with Crippen molar-refractivity contribution in [3.8, 4) is 50.6 Å². The summed E-state index contributed by atoms with van der Waals surface area (Å²) in [4.78, 5) is 7.13. The molecule has 0 radical (unpaired) electrons. The lowest BCUT2D eigenvalue weighted by Gasteiger charge is -2.30. The van der Waals surface area contributed by atoms with E-state index >= 15 is 17.6 Å². The Morgan fingerprint density at radius 3 is 1.18 bits per heavy atom. The normalized spacial score (nSPS) is 11.2. The number of nitriles is 1. The number of rotatable bonds is 10. The highest BCUT2D eigenvalue weighted by Crippen LogP contribution is 2.50. The SMILES string of the molecule is [C-]#[N+]c1ccc(N(c2cc(-c3ccccc3-c3ccccc3)c(F)cc2F)c2ccc3ccc4c(N(c5ccc(C#N)cc5)c5cc(-c6ccccc6-c6ccccc6)c(F)cc5F)ccc5ccc2c3c54)cc1. The van der Waals surface area contributed by atoms with Gasteiger partial charge in [0.2, 0.25) is 0 Å². The Morgan fingerprint density at radius 1 is 0.365 bits per heavy atom. The van der Waals surface area contributed by atoms with Gasteiger partial charge in [0.25, 0.3) is 0 Å². The number of halogens is 4. The third-order valence-electron chi connectivity index (χ3n) is 13.8. The fraction of sp³-hybridized carbons (Fsp3) is 0. The summed E-state index contributed by atoms with van der Waals surface area (Å²) in [5.41, 5.74) is 8.05. The Bertz CT molecular complexity index is 3930. The zero-order chi connectivity index (χ0) is 50.5. The molecule has 0 aliphatic heterocycles. The Labute approximate surface area is 424 Å². The first kappa shape index (κ1) is 45.1. The van der Waals surface area contributed by atoms with Gasteiger partial charge in [0, 0.05) is 45.4 Å². The van der Waals surface area contributed by atoms with Gasteiger partial charge in [-0.05, 0) is 116 Å². The molecule has 12 aromatic rings. The zero-order valence-corrected chi connectivity index (χ0v) is 39.2. The summed E-state index contributed by atoms with van der Waals surface area (Å²) in [6, 6.07) is 70.7. The van der Waals surface area contributed by atoms with Crippen molar-refractivity contribution in [1.82, 2.24) is 0 Å². The molecule has 0 aliphatic carbocycles. The second kappa shape index (κ2) is 18.6. The second-order valence-corrected chi connectivity index (χ2v) is 17.9. The maximum atomic E-state index is 16.9. The van der Waals surface area contributed by atoms with E-state index in [4.69, 9.17) is 6.57 Å². The van der Waals surface area contributed by atoms with E-state index < -0.39 is 23.3 Å². The van der Waals surface area contributed by atoms with Gasteiger partial charge in [-0.25, -0.2) is 22.4 Å². The van der Waals surface area contributed by atoms with Crippen LogP contribution in [-0.4, -0.2) is 0 Å². The highest BCUT2D eigenvalue weighted by Gasteiger charge is 2.27. The summed E-state index contributed by atoms with van der Waals surface area (Å²) in [6.45, 7) is 7.69. The molecule has 12 aromatic carbocycles. The Kier molecular flexibility index (Phi) is 11.4. The Balaban J connectivity index is 1.08. The maximum absolute atomic E-state index is 16.9. The summed E-state index contributed by atoms with van der Waals surface area (Å²) in [6.07, 6.45) is 0. The van der Waals surface area contributed by atoms with Crippen LogP contribution in [0.3, 0.4) is 0 Å². The first-order valence-electron chi connectivity index (χ1n) is 23.8. The van der Waals surface area contributed by atoms with Gasteiger partial charge in [-0.2, -0.15) is 5.26 Å². The van der Waals surface area contributed by atoms with Crippen molar-refractivity contribution in [2.75, 3.05) is 9.80 Å². The van der Waals surface area contributed by atoms with Crippen LogP contribution in [0.25, 0.3) is 81.7 Å². The number of hydrogen-bond donors (Lipinski definition) is 0. The molecule has 0 spiro atoms. The van der Waals surface area contributed by atoms with Gasteiger partial charge >= 0.3 is 0 Å². The predicted octanol–water partition coefficient (Wildman–Crippen LogP) is 19.2. The van der Waals surface area contributed by atoms with Crippen molar-refractivity contribution < 1.29 is 17.6 Å². The van der Waals surface area contributed by atoms with Crippen molar-refractivity contribution in [3.05, 3.63) is 271 Å². The molecule has 0 atom stereocenters. The lowest BCUT2D eigenvalue weighted by Crippen LogP contribution is -2.14. The fourth-order valence-electron chi connectivity index (χ4n) is 10.3. The maximum Gasteiger partial charge on any atom is 0.187 e. The van der Waals surface area contributed by atoms with Crippen LogP contribution in [0.2, 0.25) is 0 Å². The molecule has 0 amide bonds. The Hall–Kier alpha value is -10.0. The molecule has 0 saturated carbocycles.